The number of hydrogen-bond donors (Lipinski definition) is 2. The molecule has 1 aliphatic carbocycles. The Hall–Kier alpha value is -1.84. The summed E-state index contributed by atoms with van der Waals surface area (Å²) in [6.45, 7) is 5.81. The number of rotatable bonds is 4. The Kier molecular flexibility index (Phi) is 5.22. The van der Waals surface area contributed by atoms with E-state index in [-0.39, 0.29) is 17.4 Å². The van der Waals surface area contributed by atoms with Gasteiger partial charge in [0.25, 0.3) is 5.91 Å². The highest BCUT2D eigenvalue weighted by atomic mass is 16.2. The zero-order valence-electron chi connectivity index (χ0n) is 13.7. The lowest BCUT2D eigenvalue weighted by atomic mass is 10.0. The fourth-order valence-electron chi connectivity index (χ4n) is 2.88. The van der Waals surface area contributed by atoms with Gasteiger partial charge in [-0.1, -0.05) is 25.0 Å². The van der Waals surface area contributed by atoms with Gasteiger partial charge in [-0.05, 0) is 51.7 Å². The van der Waals surface area contributed by atoms with E-state index in [1.165, 1.54) is 12.8 Å². The van der Waals surface area contributed by atoms with Crippen LogP contribution in [0.4, 0.5) is 5.69 Å². The summed E-state index contributed by atoms with van der Waals surface area (Å²) in [6.07, 6.45) is 5.28. The summed E-state index contributed by atoms with van der Waals surface area (Å²) in [4.78, 5) is 24.5. The fourth-order valence-corrected chi connectivity index (χ4v) is 2.88. The van der Waals surface area contributed by atoms with E-state index < -0.39 is 0 Å². The minimum atomic E-state index is -0.307. The van der Waals surface area contributed by atoms with Crippen molar-refractivity contribution in [3.63, 3.8) is 0 Å². The molecular weight excluding hydrogens is 276 g/mol. The molecule has 1 saturated carbocycles. The smallest absolute Gasteiger partial charge is 0.253 e. The normalized spacial score (nSPS) is 15.6. The predicted molar refractivity (Wildman–Crippen MR) is 88.9 cm³/mol. The van der Waals surface area contributed by atoms with E-state index in [1.54, 1.807) is 12.1 Å². The van der Waals surface area contributed by atoms with Gasteiger partial charge in [-0.3, -0.25) is 9.59 Å². The molecule has 4 nitrogen and oxygen atoms in total. The van der Waals surface area contributed by atoms with Crippen LogP contribution >= 0.6 is 0 Å². The van der Waals surface area contributed by atoms with Crippen LogP contribution in [0.25, 0.3) is 0 Å². The van der Waals surface area contributed by atoms with Crippen LogP contribution in [0.5, 0.6) is 0 Å². The van der Waals surface area contributed by atoms with Gasteiger partial charge in [0.2, 0.25) is 5.91 Å². The molecule has 0 aliphatic heterocycles. The Morgan fingerprint density at radius 2 is 1.77 bits per heavy atom. The summed E-state index contributed by atoms with van der Waals surface area (Å²) in [5, 5.41) is 5.84. The van der Waals surface area contributed by atoms with Gasteiger partial charge in [-0.2, -0.15) is 0 Å². The molecule has 0 spiro atoms. The molecule has 0 aromatic heterocycles. The van der Waals surface area contributed by atoms with Crippen molar-refractivity contribution in [2.24, 2.45) is 5.92 Å². The molecule has 1 aromatic carbocycles. The summed E-state index contributed by atoms with van der Waals surface area (Å²) in [5.41, 5.74) is 0.794. The summed E-state index contributed by atoms with van der Waals surface area (Å²) < 4.78 is 0. The lowest BCUT2D eigenvalue weighted by Crippen LogP contribution is -2.40. The first kappa shape index (κ1) is 16.5. The molecule has 0 atom stereocenters. The van der Waals surface area contributed by atoms with Crippen molar-refractivity contribution in [3.05, 3.63) is 29.8 Å². The number of anilines is 1. The van der Waals surface area contributed by atoms with Crippen molar-refractivity contribution in [1.29, 1.82) is 0 Å². The third kappa shape index (κ3) is 4.86. The van der Waals surface area contributed by atoms with Crippen LogP contribution in [-0.2, 0) is 4.79 Å². The third-order valence-electron chi connectivity index (χ3n) is 3.88. The van der Waals surface area contributed by atoms with Crippen molar-refractivity contribution >= 4 is 17.5 Å². The Labute approximate surface area is 132 Å². The summed E-state index contributed by atoms with van der Waals surface area (Å²) in [5.74, 6) is 0.336. The number of nitrogens with one attached hydrogen (secondary N) is 2. The maximum Gasteiger partial charge on any atom is 0.253 e. The standard InChI is InChI=1S/C18H26N2O2/c1-18(2,3)20-17(22)14-10-6-7-11-15(14)19-16(21)12-13-8-4-5-9-13/h6-7,10-11,13H,4-5,8-9,12H2,1-3H3,(H,19,21)(H,20,22). The molecule has 1 aliphatic rings. The molecule has 0 bridgehead atoms. The summed E-state index contributed by atoms with van der Waals surface area (Å²) >= 11 is 0. The zero-order chi connectivity index (χ0) is 16.2. The molecule has 0 radical (unpaired) electrons. The number of carbonyl (C=O) groups is 2. The van der Waals surface area contributed by atoms with Crippen molar-refractivity contribution in [2.75, 3.05) is 5.32 Å². The molecule has 1 aromatic rings. The second-order valence-electron chi connectivity index (χ2n) is 7.15. The van der Waals surface area contributed by atoms with Gasteiger partial charge < -0.3 is 10.6 Å². The van der Waals surface area contributed by atoms with E-state index in [0.29, 0.717) is 23.6 Å². The van der Waals surface area contributed by atoms with Crippen LogP contribution in [0.15, 0.2) is 24.3 Å². The number of benzene rings is 1. The van der Waals surface area contributed by atoms with Crippen LogP contribution in [0, 0.1) is 5.92 Å². The number of hydrogen-bond acceptors (Lipinski definition) is 2. The van der Waals surface area contributed by atoms with Gasteiger partial charge >= 0.3 is 0 Å². The van der Waals surface area contributed by atoms with Crippen LogP contribution in [-0.4, -0.2) is 17.4 Å². The van der Waals surface area contributed by atoms with Gasteiger partial charge in [0.05, 0.1) is 11.3 Å². The van der Waals surface area contributed by atoms with Gasteiger partial charge in [-0.25, -0.2) is 0 Å². The number of para-hydroxylation sites is 1. The molecule has 0 saturated heterocycles. The maximum atomic E-state index is 12.3. The Bertz CT molecular complexity index is 540. The highest BCUT2D eigenvalue weighted by Gasteiger charge is 2.21. The average Bonchev–Trinajstić information content (AvgIpc) is 2.90. The van der Waals surface area contributed by atoms with Gasteiger partial charge in [0.1, 0.15) is 0 Å². The Balaban J connectivity index is 2.04. The minimum absolute atomic E-state index is 0.00269. The van der Waals surface area contributed by atoms with E-state index in [4.69, 9.17) is 0 Å². The van der Waals surface area contributed by atoms with Gasteiger partial charge in [0, 0.05) is 12.0 Å². The monoisotopic (exact) mass is 302 g/mol. The van der Waals surface area contributed by atoms with Crippen molar-refractivity contribution < 1.29 is 9.59 Å². The largest absolute Gasteiger partial charge is 0.347 e. The van der Waals surface area contributed by atoms with E-state index in [1.807, 2.05) is 32.9 Å². The number of amides is 2. The molecule has 2 N–H and O–H groups in total. The van der Waals surface area contributed by atoms with Gasteiger partial charge in [0.15, 0.2) is 0 Å². The molecule has 2 amide bonds. The first-order valence-corrected chi connectivity index (χ1v) is 8.06. The molecule has 22 heavy (non-hydrogen) atoms. The third-order valence-corrected chi connectivity index (χ3v) is 3.88. The lowest BCUT2D eigenvalue weighted by Gasteiger charge is -2.21. The number of carbonyl (C=O) groups excluding carboxylic acids is 2. The Morgan fingerprint density at radius 3 is 2.41 bits per heavy atom. The molecule has 4 heteroatoms. The first-order valence-electron chi connectivity index (χ1n) is 8.06. The predicted octanol–water partition coefficient (Wildman–Crippen LogP) is 3.73. The van der Waals surface area contributed by atoms with E-state index >= 15 is 0 Å². The second kappa shape index (κ2) is 6.95. The lowest BCUT2D eigenvalue weighted by molar-refractivity contribution is -0.117. The van der Waals surface area contributed by atoms with Crippen molar-refractivity contribution in [1.82, 2.24) is 5.32 Å². The van der Waals surface area contributed by atoms with Crippen LogP contribution in [0.1, 0.15) is 63.2 Å². The average molecular weight is 302 g/mol. The van der Waals surface area contributed by atoms with E-state index in [2.05, 4.69) is 10.6 Å². The zero-order valence-corrected chi connectivity index (χ0v) is 13.7. The minimum Gasteiger partial charge on any atom is -0.347 e. The van der Waals surface area contributed by atoms with Crippen LogP contribution in [0.3, 0.4) is 0 Å². The second-order valence-corrected chi connectivity index (χ2v) is 7.15. The van der Waals surface area contributed by atoms with Gasteiger partial charge in [-0.15, -0.1) is 0 Å². The molecular formula is C18H26N2O2. The SMILES string of the molecule is CC(C)(C)NC(=O)c1ccccc1NC(=O)CC1CCCC1. The quantitative estimate of drug-likeness (QED) is 0.890. The van der Waals surface area contributed by atoms with Crippen molar-refractivity contribution in [3.8, 4) is 0 Å². The summed E-state index contributed by atoms with van der Waals surface area (Å²) in [6, 6.07) is 7.17. The molecule has 2 rings (SSSR count). The molecule has 0 unspecified atom stereocenters. The van der Waals surface area contributed by atoms with Crippen LogP contribution in [0.2, 0.25) is 0 Å². The van der Waals surface area contributed by atoms with E-state index in [0.717, 1.165) is 12.8 Å². The topological polar surface area (TPSA) is 58.2 Å². The van der Waals surface area contributed by atoms with E-state index in [9.17, 15) is 9.59 Å². The first-order chi connectivity index (χ1) is 10.3. The van der Waals surface area contributed by atoms with Crippen LogP contribution < -0.4 is 10.6 Å². The van der Waals surface area contributed by atoms with Crippen molar-refractivity contribution in [2.45, 2.75) is 58.4 Å². The highest BCUT2D eigenvalue weighted by molar-refractivity contribution is 6.04. The maximum absolute atomic E-state index is 12.3. The molecule has 120 valence electrons. The molecule has 0 heterocycles. The summed E-state index contributed by atoms with van der Waals surface area (Å²) in [7, 11) is 0. The highest BCUT2D eigenvalue weighted by Crippen LogP contribution is 2.28. The fraction of sp³-hybridized carbons (Fsp3) is 0.556. The molecule has 1 fully saturated rings. The Morgan fingerprint density at radius 1 is 1.14 bits per heavy atom.